The smallest absolute Gasteiger partial charge is 0.0960 e. The lowest BCUT2D eigenvalue weighted by Crippen LogP contribution is -2.20. The first-order chi connectivity index (χ1) is 8.24. The highest BCUT2D eigenvalue weighted by molar-refractivity contribution is 9.10. The number of nitrogens with zero attached hydrogens (tertiary/aromatic N) is 2. The van der Waals surface area contributed by atoms with Crippen LogP contribution in [0, 0.1) is 0 Å². The third-order valence-corrected chi connectivity index (χ3v) is 4.09. The lowest BCUT2D eigenvalue weighted by atomic mass is 9.93. The Balaban J connectivity index is 1.95. The number of hydrogen-bond donors (Lipinski definition) is 1. The summed E-state index contributed by atoms with van der Waals surface area (Å²) >= 11 is 3.46. The van der Waals surface area contributed by atoms with E-state index in [1.165, 1.54) is 5.52 Å². The van der Waals surface area contributed by atoms with Crippen molar-refractivity contribution in [3.8, 4) is 0 Å². The average molecular weight is 295 g/mol. The fourth-order valence-corrected chi connectivity index (χ4v) is 2.98. The highest BCUT2D eigenvalue weighted by Crippen LogP contribution is 2.31. The minimum absolute atomic E-state index is 0.102. The van der Waals surface area contributed by atoms with Crippen LogP contribution in [0.2, 0.25) is 0 Å². The van der Waals surface area contributed by atoms with Crippen LogP contribution in [0.4, 0.5) is 0 Å². The second kappa shape index (κ2) is 4.42. The molecule has 0 spiro atoms. The molecule has 90 valence electrons. The minimum atomic E-state index is -0.102. The van der Waals surface area contributed by atoms with Crippen LogP contribution in [0.3, 0.4) is 0 Å². The standard InChI is InChI=1S/C13H15BrN2O/c14-9-1-6-13-12(7-9)15-8-16(13)10-2-4-11(17)5-3-10/h1,6-8,10-11,17H,2-5H2. The Morgan fingerprint density at radius 1 is 1.24 bits per heavy atom. The molecule has 0 aliphatic heterocycles. The second-order valence-corrected chi connectivity index (χ2v) is 5.66. The molecule has 1 aromatic carbocycles. The van der Waals surface area contributed by atoms with Gasteiger partial charge in [0.2, 0.25) is 0 Å². The molecular formula is C13H15BrN2O. The van der Waals surface area contributed by atoms with Gasteiger partial charge in [-0.2, -0.15) is 0 Å². The minimum Gasteiger partial charge on any atom is -0.393 e. The number of rotatable bonds is 1. The van der Waals surface area contributed by atoms with E-state index < -0.39 is 0 Å². The number of fused-ring (bicyclic) bond motifs is 1. The van der Waals surface area contributed by atoms with Gasteiger partial charge in [-0.3, -0.25) is 0 Å². The Bertz CT molecular complexity index is 529. The van der Waals surface area contributed by atoms with Gasteiger partial charge in [0, 0.05) is 10.5 Å². The number of aromatic nitrogens is 2. The molecule has 3 rings (SSSR count). The zero-order chi connectivity index (χ0) is 11.8. The first-order valence-corrected chi connectivity index (χ1v) is 6.83. The van der Waals surface area contributed by atoms with E-state index in [4.69, 9.17) is 0 Å². The monoisotopic (exact) mass is 294 g/mol. The summed E-state index contributed by atoms with van der Waals surface area (Å²) in [5.74, 6) is 0. The quantitative estimate of drug-likeness (QED) is 0.876. The Morgan fingerprint density at radius 3 is 2.76 bits per heavy atom. The van der Waals surface area contributed by atoms with Gasteiger partial charge in [-0.15, -0.1) is 0 Å². The third-order valence-electron chi connectivity index (χ3n) is 3.60. The maximum Gasteiger partial charge on any atom is 0.0960 e. The summed E-state index contributed by atoms with van der Waals surface area (Å²) in [6.07, 6.45) is 5.72. The van der Waals surface area contributed by atoms with E-state index in [0.29, 0.717) is 6.04 Å². The third kappa shape index (κ3) is 2.11. The van der Waals surface area contributed by atoms with E-state index in [1.807, 2.05) is 12.4 Å². The molecular weight excluding hydrogens is 280 g/mol. The molecule has 17 heavy (non-hydrogen) atoms. The van der Waals surface area contributed by atoms with Crippen LogP contribution >= 0.6 is 15.9 Å². The number of hydrogen-bond acceptors (Lipinski definition) is 2. The average Bonchev–Trinajstić information content (AvgIpc) is 2.73. The van der Waals surface area contributed by atoms with Crippen molar-refractivity contribution in [2.75, 3.05) is 0 Å². The van der Waals surface area contributed by atoms with Gasteiger partial charge < -0.3 is 9.67 Å². The number of imidazole rings is 1. The predicted octanol–water partition coefficient (Wildman–Crippen LogP) is 3.27. The van der Waals surface area contributed by atoms with Gasteiger partial charge in [-0.25, -0.2) is 4.98 Å². The molecule has 4 heteroatoms. The lowest BCUT2D eigenvalue weighted by molar-refractivity contribution is 0.111. The Hall–Kier alpha value is -0.870. The zero-order valence-electron chi connectivity index (χ0n) is 9.51. The molecule has 0 amide bonds. The van der Waals surface area contributed by atoms with Crippen LogP contribution in [0.5, 0.6) is 0 Å². The molecule has 0 radical (unpaired) electrons. The summed E-state index contributed by atoms with van der Waals surface area (Å²) in [6.45, 7) is 0. The zero-order valence-corrected chi connectivity index (χ0v) is 11.1. The van der Waals surface area contributed by atoms with Gasteiger partial charge in [-0.05, 0) is 43.9 Å². The molecule has 1 aliphatic carbocycles. The maximum atomic E-state index is 9.54. The molecule has 0 saturated heterocycles. The van der Waals surface area contributed by atoms with E-state index >= 15 is 0 Å². The first kappa shape index (κ1) is 11.2. The van der Waals surface area contributed by atoms with E-state index in [2.05, 4.69) is 37.6 Å². The first-order valence-electron chi connectivity index (χ1n) is 6.04. The predicted molar refractivity (Wildman–Crippen MR) is 70.9 cm³/mol. The molecule has 1 fully saturated rings. The van der Waals surface area contributed by atoms with Crippen molar-refractivity contribution in [1.82, 2.24) is 9.55 Å². The highest BCUT2D eigenvalue weighted by Gasteiger charge is 2.21. The fourth-order valence-electron chi connectivity index (χ4n) is 2.63. The van der Waals surface area contributed by atoms with E-state index in [-0.39, 0.29) is 6.10 Å². The second-order valence-electron chi connectivity index (χ2n) is 4.75. The van der Waals surface area contributed by atoms with Crippen LogP contribution in [-0.4, -0.2) is 20.8 Å². The fraction of sp³-hybridized carbons (Fsp3) is 0.462. The number of benzene rings is 1. The van der Waals surface area contributed by atoms with Crippen molar-refractivity contribution in [3.05, 3.63) is 29.0 Å². The van der Waals surface area contributed by atoms with Gasteiger partial charge in [-0.1, -0.05) is 15.9 Å². The molecule has 3 nitrogen and oxygen atoms in total. The van der Waals surface area contributed by atoms with Crippen molar-refractivity contribution in [1.29, 1.82) is 0 Å². The number of halogens is 1. The van der Waals surface area contributed by atoms with E-state index in [9.17, 15) is 5.11 Å². The largest absolute Gasteiger partial charge is 0.393 e. The summed E-state index contributed by atoms with van der Waals surface area (Å²) in [6, 6.07) is 6.70. The van der Waals surface area contributed by atoms with Gasteiger partial charge in [0.15, 0.2) is 0 Å². The van der Waals surface area contributed by atoms with Gasteiger partial charge >= 0.3 is 0 Å². The summed E-state index contributed by atoms with van der Waals surface area (Å²) < 4.78 is 3.32. The molecule has 0 unspecified atom stereocenters. The summed E-state index contributed by atoms with van der Waals surface area (Å²) in [7, 11) is 0. The van der Waals surface area contributed by atoms with Crippen molar-refractivity contribution in [3.63, 3.8) is 0 Å². The summed E-state index contributed by atoms with van der Waals surface area (Å²) in [5.41, 5.74) is 2.22. The maximum absolute atomic E-state index is 9.54. The Morgan fingerprint density at radius 2 is 2.00 bits per heavy atom. The SMILES string of the molecule is OC1CCC(n2cnc3cc(Br)ccc32)CC1. The summed E-state index contributed by atoms with van der Waals surface area (Å²) in [4.78, 5) is 4.44. The van der Waals surface area contributed by atoms with Crippen molar-refractivity contribution in [2.24, 2.45) is 0 Å². The van der Waals surface area contributed by atoms with Crippen LogP contribution in [0.15, 0.2) is 29.0 Å². The van der Waals surface area contributed by atoms with E-state index in [1.54, 1.807) is 0 Å². The van der Waals surface area contributed by atoms with Crippen LogP contribution in [0.25, 0.3) is 11.0 Å². The molecule has 0 bridgehead atoms. The number of aliphatic hydroxyl groups excluding tert-OH is 1. The van der Waals surface area contributed by atoms with Gasteiger partial charge in [0.1, 0.15) is 0 Å². The highest BCUT2D eigenvalue weighted by atomic mass is 79.9. The molecule has 1 N–H and O–H groups in total. The van der Waals surface area contributed by atoms with Gasteiger partial charge in [0.05, 0.1) is 23.5 Å². The lowest BCUT2D eigenvalue weighted by Gasteiger charge is -2.26. The normalized spacial score (nSPS) is 25.3. The molecule has 1 aromatic heterocycles. The molecule has 1 heterocycles. The van der Waals surface area contributed by atoms with Crippen LogP contribution in [0.1, 0.15) is 31.7 Å². The Kier molecular flexibility index (Phi) is 2.92. The van der Waals surface area contributed by atoms with Crippen molar-refractivity contribution in [2.45, 2.75) is 37.8 Å². The van der Waals surface area contributed by atoms with Crippen LogP contribution in [-0.2, 0) is 0 Å². The van der Waals surface area contributed by atoms with Crippen molar-refractivity contribution >= 4 is 27.0 Å². The topological polar surface area (TPSA) is 38.0 Å². The van der Waals surface area contributed by atoms with Crippen LogP contribution < -0.4 is 0 Å². The molecule has 1 saturated carbocycles. The molecule has 1 aliphatic rings. The molecule has 2 aromatic rings. The summed E-state index contributed by atoms with van der Waals surface area (Å²) in [5, 5.41) is 9.54. The number of aliphatic hydroxyl groups is 1. The van der Waals surface area contributed by atoms with Crippen molar-refractivity contribution < 1.29 is 5.11 Å². The van der Waals surface area contributed by atoms with Gasteiger partial charge in [0.25, 0.3) is 0 Å². The molecule has 0 atom stereocenters. The van der Waals surface area contributed by atoms with E-state index in [0.717, 1.165) is 35.7 Å². The Labute approximate surface area is 109 Å².